The highest BCUT2D eigenvalue weighted by Gasteiger charge is 2.25. The molecule has 2 atom stereocenters. The highest BCUT2D eigenvalue weighted by molar-refractivity contribution is 4.91. The van der Waals surface area contributed by atoms with Crippen molar-refractivity contribution in [3.05, 3.63) is 0 Å². The second-order valence-electron chi connectivity index (χ2n) is 1.84. The van der Waals surface area contributed by atoms with E-state index < -0.39 is 6.10 Å². The molecular weight excluding hydrogens is 106 g/mol. The molecule has 0 aliphatic carbocycles. The maximum absolute atomic E-state index is 8.84. The minimum atomic E-state index is -0.556. The van der Waals surface area contributed by atoms with Gasteiger partial charge >= 0.3 is 0 Å². The second-order valence-corrected chi connectivity index (χ2v) is 1.84. The first kappa shape index (κ1) is 5.54. The third kappa shape index (κ3) is 0.808. The Hall–Kier alpha value is -0.590. The molecule has 0 aromatic rings. The molecule has 0 aromatic heterocycles. The van der Waals surface area contributed by atoms with Crippen LogP contribution in [0.3, 0.4) is 0 Å². The molecule has 44 valence electrons. The Morgan fingerprint density at radius 2 is 2.38 bits per heavy atom. The third-order valence-corrected chi connectivity index (χ3v) is 1.22. The van der Waals surface area contributed by atoms with E-state index in [1.54, 1.807) is 0 Å². The molecule has 1 aliphatic heterocycles. The molecule has 0 radical (unpaired) electrons. The van der Waals surface area contributed by atoms with Gasteiger partial charge in [0.25, 0.3) is 0 Å². The predicted molar refractivity (Wildman–Crippen MR) is 25.9 cm³/mol. The highest BCUT2D eigenvalue weighted by Crippen LogP contribution is 2.10. The molecule has 1 heterocycles. The summed E-state index contributed by atoms with van der Waals surface area (Å²) in [4.78, 5) is 0. The molecule has 0 spiro atoms. The van der Waals surface area contributed by atoms with Crippen molar-refractivity contribution in [3.8, 4) is 6.07 Å². The van der Waals surface area contributed by atoms with Crippen LogP contribution in [-0.4, -0.2) is 24.4 Å². The first-order valence-corrected chi connectivity index (χ1v) is 2.50. The summed E-state index contributed by atoms with van der Waals surface area (Å²) in [6.45, 7) is 0.704. The summed E-state index contributed by atoms with van der Waals surface area (Å²) in [5.74, 6) is -0.296. The van der Waals surface area contributed by atoms with E-state index in [2.05, 4.69) is 0 Å². The van der Waals surface area contributed by atoms with Crippen molar-refractivity contribution in [2.75, 3.05) is 13.2 Å². The first-order valence-electron chi connectivity index (χ1n) is 2.50. The van der Waals surface area contributed by atoms with Gasteiger partial charge in [0.15, 0.2) is 0 Å². The number of nitrogens with zero attached hydrogens (tertiary/aromatic N) is 1. The van der Waals surface area contributed by atoms with Crippen LogP contribution < -0.4 is 0 Å². The lowest BCUT2D eigenvalue weighted by Gasteiger charge is -1.98. The smallest absolute Gasteiger partial charge is 0.0978 e. The summed E-state index contributed by atoms with van der Waals surface area (Å²) < 4.78 is 4.79. The van der Waals surface area contributed by atoms with Crippen LogP contribution in [0.5, 0.6) is 0 Å². The van der Waals surface area contributed by atoms with Crippen molar-refractivity contribution in [2.24, 2.45) is 5.92 Å². The molecular formula is C5H7NO2. The molecule has 1 rings (SSSR count). The molecule has 3 heteroatoms. The van der Waals surface area contributed by atoms with Crippen LogP contribution in [0.25, 0.3) is 0 Å². The first-order chi connectivity index (χ1) is 3.84. The van der Waals surface area contributed by atoms with Crippen molar-refractivity contribution >= 4 is 0 Å². The van der Waals surface area contributed by atoms with Crippen LogP contribution in [0.15, 0.2) is 0 Å². The fourth-order valence-electron chi connectivity index (χ4n) is 0.666. The minimum Gasteiger partial charge on any atom is -0.389 e. The maximum Gasteiger partial charge on any atom is 0.0978 e. The van der Waals surface area contributed by atoms with Gasteiger partial charge in [-0.05, 0) is 0 Å². The Bertz CT molecular complexity index is 118. The molecule has 0 bridgehead atoms. The number of aliphatic hydroxyl groups excluding tert-OH is 1. The number of nitriles is 1. The van der Waals surface area contributed by atoms with Crippen molar-refractivity contribution in [1.29, 1.82) is 5.26 Å². The third-order valence-electron chi connectivity index (χ3n) is 1.22. The van der Waals surface area contributed by atoms with Gasteiger partial charge in [0.2, 0.25) is 0 Å². The molecule has 0 amide bonds. The number of rotatable bonds is 0. The summed E-state index contributed by atoms with van der Waals surface area (Å²) in [5.41, 5.74) is 0. The number of aliphatic hydroxyl groups is 1. The topological polar surface area (TPSA) is 53.2 Å². The summed E-state index contributed by atoms with van der Waals surface area (Å²) in [7, 11) is 0. The zero-order chi connectivity index (χ0) is 5.98. The van der Waals surface area contributed by atoms with E-state index in [0.29, 0.717) is 13.2 Å². The summed E-state index contributed by atoms with van der Waals surface area (Å²) in [6.07, 6.45) is -0.556. The van der Waals surface area contributed by atoms with Crippen molar-refractivity contribution in [3.63, 3.8) is 0 Å². The normalized spacial score (nSPS) is 37.0. The molecule has 1 N–H and O–H groups in total. The van der Waals surface area contributed by atoms with E-state index in [1.807, 2.05) is 6.07 Å². The van der Waals surface area contributed by atoms with E-state index in [4.69, 9.17) is 15.1 Å². The average Bonchev–Trinajstić information content (AvgIpc) is 2.14. The molecule has 1 saturated heterocycles. The summed E-state index contributed by atoms with van der Waals surface area (Å²) in [6, 6.07) is 1.94. The SMILES string of the molecule is N#C[C@@H]1COC[C@@H]1O. The lowest BCUT2D eigenvalue weighted by atomic mass is 10.1. The van der Waals surface area contributed by atoms with Crippen LogP contribution in [-0.2, 0) is 4.74 Å². The zero-order valence-electron chi connectivity index (χ0n) is 4.37. The molecule has 1 aliphatic rings. The van der Waals surface area contributed by atoms with E-state index in [9.17, 15) is 0 Å². The molecule has 0 saturated carbocycles. The average molecular weight is 113 g/mol. The van der Waals surface area contributed by atoms with Crippen LogP contribution in [0.1, 0.15) is 0 Å². The van der Waals surface area contributed by atoms with Gasteiger partial charge in [0.1, 0.15) is 0 Å². The Kier molecular flexibility index (Phi) is 1.47. The van der Waals surface area contributed by atoms with Crippen molar-refractivity contribution in [2.45, 2.75) is 6.10 Å². The van der Waals surface area contributed by atoms with Gasteiger partial charge in [-0.1, -0.05) is 0 Å². The lowest BCUT2D eigenvalue weighted by molar-refractivity contribution is 0.123. The highest BCUT2D eigenvalue weighted by atomic mass is 16.5. The van der Waals surface area contributed by atoms with Crippen LogP contribution in [0.4, 0.5) is 0 Å². The van der Waals surface area contributed by atoms with Crippen molar-refractivity contribution in [1.82, 2.24) is 0 Å². The van der Waals surface area contributed by atoms with E-state index in [-0.39, 0.29) is 5.92 Å². The van der Waals surface area contributed by atoms with E-state index in [1.165, 1.54) is 0 Å². The predicted octanol–water partition coefficient (Wildman–Crippen LogP) is -0.483. The summed E-state index contributed by atoms with van der Waals surface area (Å²) in [5, 5.41) is 17.1. The van der Waals surface area contributed by atoms with E-state index in [0.717, 1.165) is 0 Å². The van der Waals surface area contributed by atoms with Crippen molar-refractivity contribution < 1.29 is 9.84 Å². The van der Waals surface area contributed by atoms with Gasteiger partial charge in [-0.2, -0.15) is 5.26 Å². The monoisotopic (exact) mass is 113 g/mol. The Morgan fingerprint density at radius 1 is 1.62 bits per heavy atom. The quantitative estimate of drug-likeness (QED) is 0.461. The van der Waals surface area contributed by atoms with Gasteiger partial charge in [-0.15, -0.1) is 0 Å². The molecule has 8 heavy (non-hydrogen) atoms. The van der Waals surface area contributed by atoms with Gasteiger partial charge in [-0.3, -0.25) is 0 Å². The number of hydrogen-bond donors (Lipinski definition) is 1. The van der Waals surface area contributed by atoms with Gasteiger partial charge in [-0.25, -0.2) is 0 Å². The Morgan fingerprint density at radius 3 is 2.62 bits per heavy atom. The molecule has 0 unspecified atom stereocenters. The second kappa shape index (κ2) is 2.12. The lowest BCUT2D eigenvalue weighted by Crippen LogP contribution is -2.15. The molecule has 0 aromatic carbocycles. The van der Waals surface area contributed by atoms with Crippen LogP contribution in [0, 0.1) is 17.2 Å². The van der Waals surface area contributed by atoms with Gasteiger partial charge in [0.05, 0.1) is 31.3 Å². The largest absolute Gasteiger partial charge is 0.389 e. The fourth-order valence-corrected chi connectivity index (χ4v) is 0.666. The fraction of sp³-hybridized carbons (Fsp3) is 0.800. The van der Waals surface area contributed by atoms with Crippen LogP contribution >= 0.6 is 0 Å². The molecule has 3 nitrogen and oxygen atoms in total. The molecule has 1 fully saturated rings. The van der Waals surface area contributed by atoms with Gasteiger partial charge < -0.3 is 9.84 Å². The number of hydrogen-bond acceptors (Lipinski definition) is 3. The van der Waals surface area contributed by atoms with Crippen LogP contribution in [0.2, 0.25) is 0 Å². The standard InChI is InChI=1S/C5H7NO2/c6-1-4-2-8-3-5(4)7/h4-5,7H,2-3H2/t4-,5+/m1/s1. The van der Waals surface area contributed by atoms with E-state index >= 15 is 0 Å². The zero-order valence-corrected chi connectivity index (χ0v) is 4.37. The minimum absolute atomic E-state index is 0.296. The number of ether oxygens (including phenoxy) is 1. The maximum atomic E-state index is 8.84. The Balaban J connectivity index is 2.45. The Labute approximate surface area is 47.5 Å². The summed E-state index contributed by atoms with van der Waals surface area (Å²) >= 11 is 0. The van der Waals surface area contributed by atoms with Gasteiger partial charge in [0, 0.05) is 0 Å².